The van der Waals surface area contributed by atoms with E-state index in [9.17, 15) is 14.4 Å². The number of nitrogens with one attached hydrogen (secondary N) is 2. The highest BCUT2D eigenvalue weighted by atomic mass is 35.5. The maximum absolute atomic E-state index is 14.0. The Kier molecular flexibility index (Phi) is 11.1. The van der Waals surface area contributed by atoms with Gasteiger partial charge in [0.1, 0.15) is 0 Å². The summed E-state index contributed by atoms with van der Waals surface area (Å²) in [5, 5.41) is 7.43. The van der Waals surface area contributed by atoms with E-state index >= 15 is 0 Å². The molecule has 40 heavy (non-hydrogen) atoms. The summed E-state index contributed by atoms with van der Waals surface area (Å²) in [4.78, 5) is 44.5. The SMILES string of the molecule is CC(=O)NC1CCC(NC(Cc2ccc(Cl)cc2)C(=O)N2CCC(N(C(=O)N(C)C)C3CCCCC3)CC2)CC1. The molecule has 3 aliphatic rings. The molecular weight excluding hydrogens is 526 g/mol. The molecule has 1 aromatic rings. The third-order valence-electron chi connectivity index (χ3n) is 8.96. The fourth-order valence-corrected chi connectivity index (χ4v) is 6.96. The van der Waals surface area contributed by atoms with Gasteiger partial charge in [0, 0.05) is 63.3 Å². The Morgan fingerprint density at radius 1 is 0.875 bits per heavy atom. The highest BCUT2D eigenvalue weighted by Crippen LogP contribution is 2.29. The van der Waals surface area contributed by atoms with Crippen molar-refractivity contribution in [2.24, 2.45) is 0 Å². The second-order valence-electron chi connectivity index (χ2n) is 12.2. The summed E-state index contributed by atoms with van der Waals surface area (Å²) in [6, 6.07) is 8.48. The van der Waals surface area contributed by atoms with Crippen LogP contribution < -0.4 is 10.6 Å². The van der Waals surface area contributed by atoms with Crippen LogP contribution in [0.15, 0.2) is 24.3 Å². The fourth-order valence-electron chi connectivity index (χ4n) is 6.84. The molecule has 2 aliphatic carbocycles. The Balaban J connectivity index is 1.40. The number of urea groups is 1. The number of hydrogen-bond acceptors (Lipinski definition) is 4. The van der Waals surface area contributed by atoms with Crippen LogP contribution in [0.4, 0.5) is 4.79 Å². The number of halogens is 1. The zero-order valence-corrected chi connectivity index (χ0v) is 25.3. The summed E-state index contributed by atoms with van der Waals surface area (Å²) in [6.45, 7) is 2.90. The number of hydrogen-bond donors (Lipinski definition) is 2. The minimum Gasteiger partial charge on any atom is -0.354 e. The minimum atomic E-state index is -0.321. The van der Waals surface area contributed by atoms with Crippen molar-refractivity contribution in [3.63, 3.8) is 0 Å². The van der Waals surface area contributed by atoms with Crippen LogP contribution in [0.1, 0.15) is 83.1 Å². The lowest BCUT2D eigenvalue weighted by Crippen LogP contribution is -2.58. The molecule has 1 aromatic carbocycles. The summed E-state index contributed by atoms with van der Waals surface area (Å²) in [6.07, 6.45) is 11.7. The molecule has 2 N–H and O–H groups in total. The molecule has 4 rings (SSSR count). The molecule has 8 nitrogen and oxygen atoms in total. The molecule has 1 saturated heterocycles. The van der Waals surface area contributed by atoms with E-state index in [1.54, 1.807) is 11.8 Å². The van der Waals surface area contributed by atoms with E-state index in [1.807, 2.05) is 43.3 Å². The molecule has 0 spiro atoms. The second kappa shape index (κ2) is 14.5. The topological polar surface area (TPSA) is 85.0 Å². The quantitative estimate of drug-likeness (QED) is 0.476. The van der Waals surface area contributed by atoms with Crippen LogP contribution in [0.2, 0.25) is 5.02 Å². The van der Waals surface area contributed by atoms with Crippen molar-refractivity contribution in [3.8, 4) is 0 Å². The van der Waals surface area contributed by atoms with Gasteiger partial charge in [-0.05, 0) is 75.5 Å². The van der Waals surface area contributed by atoms with E-state index < -0.39 is 0 Å². The summed E-state index contributed by atoms with van der Waals surface area (Å²) >= 11 is 6.12. The first-order valence-corrected chi connectivity index (χ1v) is 15.6. The lowest BCUT2D eigenvalue weighted by atomic mass is 9.89. The van der Waals surface area contributed by atoms with Gasteiger partial charge in [-0.25, -0.2) is 4.79 Å². The van der Waals surface area contributed by atoms with E-state index in [0.717, 1.165) is 56.9 Å². The highest BCUT2D eigenvalue weighted by Gasteiger charge is 2.37. The number of likely N-dealkylation sites (tertiary alicyclic amines) is 1. The van der Waals surface area contributed by atoms with Crippen LogP contribution in [0.5, 0.6) is 0 Å². The summed E-state index contributed by atoms with van der Waals surface area (Å²) in [5.41, 5.74) is 1.08. The molecule has 222 valence electrons. The fraction of sp³-hybridized carbons (Fsp3) is 0.710. The van der Waals surface area contributed by atoms with Gasteiger partial charge < -0.3 is 25.3 Å². The number of rotatable bonds is 8. The highest BCUT2D eigenvalue weighted by molar-refractivity contribution is 6.30. The molecule has 1 atom stereocenters. The third-order valence-corrected chi connectivity index (χ3v) is 9.22. The van der Waals surface area contributed by atoms with Gasteiger partial charge in [-0.1, -0.05) is 43.0 Å². The molecule has 4 amide bonds. The van der Waals surface area contributed by atoms with Gasteiger partial charge in [-0.15, -0.1) is 0 Å². The van der Waals surface area contributed by atoms with Crippen molar-refractivity contribution in [1.29, 1.82) is 0 Å². The first-order chi connectivity index (χ1) is 19.2. The maximum Gasteiger partial charge on any atom is 0.319 e. The van der Waals surface area contributed by atoms with Crippen molar-refractivity contribution >= 4 is 29.4 Å². The third kappa shape index (κ3) is 8.35. The lowest BCUT2D eigenvalue weighted by molar-refractivity contribution is -0.135. The lowest BCUT2D eigenvalue weighted by Gasteiger charge is -2.45. The number of benzene rings is 1. The van der Waals surface area contributed by atoms with Gasteiger partial charge in [0.15, 0.2) is 0 Å². The number of carbonyl (C=O) groups excluding carboxylic acids is 3. The molecule has 1 aliphatic heterocycles. The van der Waals surface area contributed by atoms with Gasteiger partial charge in [0.05, 0.1) is 6.04 Å². The standard InChI is InChI=1S/C31H48ClN5O3/c1-22(38)33-25-13-15-26(16-14-25)34-29(21-23-9-11-24(32)12-10-23)30(39)36-19-17-28(18-20-36)37(31(40)35(2)3)27-7-5-4-6-8-27/h9-12,25-29,34H,4-8,13-21H2,1-3H3,(H,33,38). The van der Waals surface area contributed by atoms with Crippen LogP contribution in [-0.2, 0) is 16.0 Å². The average molecular weight is 574 g/mol. The molecule has 0 bridgehead atoms. The van der Waals surface area contributed by atoms with Crippen LogP contribution in [0.25, 0.3) is 0 Å². The zero-order valence-electron chi connectivity index (χ0n) is 24.5. The Morgan fingerprint density at radius 3 is 2.02 bits per heavy atom. The summed E-state index contributed by atoms with van der Waals surface area (Å²) < 4.78 is 0. The maximum atomic E-state index is 14.0. The van der Waals surface area contributed by atoms with Crippen molar-refractivity contribution in [2.75, 3.05) is 27.2 Å². The first kappa shape index (κ1) is 30.6. The molecule has 9 heteroatoms. The predicted molar refractivity (Wildman–Crippen MR) is 159 cm³/mol. The van der Waals surface area contributed by atoms with E-state index in [2.05, 4.69) is 15.5 Å². The van der Waals surface area contributed by atoms with E-state index in [1.165, 1.54) is 19.3 Å². The molecular formula is C31H48ClN5O3. The van der Waals surface area contributed by atoms with Gasteiger partial charge in [0.2, 0.25) is 11.8 Å². The second-order valence-corrected chi connectivity index (χ2v) is 12.7. The Labute approximate surface area is 245 Å². The normalized spacial score (nSPS) is 23.4. The molecule has 2 saturated carbocycles. The summed E-state index contributed by atoms with van der Waals surface area (Å²) in [5.74, 6) is 0.158. The van der Waals surface area contributed by atoms with E-state index in [4.69, 9.17) is 11.6 Å². The Bertz CT molecular complexity index is 981. The van der Waals surface area contributed by atoms with Crippen LogP contribution in [0.3, 0.4) is 0 Å². The van der Waals surface area contributed by atoms with Gasteiger partial charge in [-0.3, -0.25) is 9.59 Å². The monoisotopic (exact) mass is 573 g/mol. The smallest absolute Gasteiger partial charge is 0.319 e. The van der Waals surface area contributed by atoms with Crippen molar-refractivity contribution < 1.29 is 14.4 Å². The average Bonchev–Trinajstić information content (AvgIpc) is 2.95. The van der Waals surface area contributed by atoms with E-state index in [0.29, 0.717) is 30.6 Å². The summed E-state index contributed by atoms with van der Waals surface area (Å²) in [7, 11) is 3.68. The Morgan fingerprint density at radius 2 is 1.45 bits per heavy atom. The van der Waals surface area contributed by atoms with Crippen LogP contribution in [-0.4, -0.2) is 89.9 Å². The molecule has 1 unspecified atom stereocenters. The Hall–Kier alpha value is -2.32. The zero-order chi connectivity index (χ0) is 28.6. The largest absolute Gasteiger partial charge is 0.354 e. The molecule has 0 aromatic heterocycles. The first-order valence-electron chi connectivity index (χ1n) is 15.3. The predicted octanol–water partition coefficient (Wildman–Crippen LogP) is 4.60. The number of amides is 4. The van der Waals surface area contributed by atoms with Gasteiger partial charge >= 0.3 is 6.03 Å². The van der Waals surface area contributed by atoms with Crippen LogP contribution >= 0.6 is 11.6 Å². The van der Waals surface area contributed by atoms with Crippen molar-refractivity contribution in [2.45, 2.75) is 114 Å². The minimum absolute atomic E-state index is 0.0185. The van der Waals surface area contributed by atoms with Gasteiger partial charge in [0.25, 0.3) is 0 Å². The van der Waals surface area contributed by atoms with Gasteiger partial charge in [-0.2, -0.15) is 0 Å². The van der Waals surface area contributed by atoms with Crippen molar-refractivity contribution in [1.82, 2.24) is 25.3 Å². The van der Waals surface area contributed by atoms with E-state index in [-0.39, 0.29) is 42.0 Å². The van der Waals surface area contributed by atoms with Crippen LogP contribution in [0, 0.1) is 0 Å². The number of piperidine rings is 1. The molecule has 1 heterocycles. The molecule has 3 fully saturated rings. The van der Waals surface area contributed by atoms with Crippen molar-refractivity contribution in [3.05, 3.63) is 34.9 Å². The molecule has 0 radical (unpaired) electrons. The number of carbonyl (C=O) groups is 3. The number of nitrogens with zero attached hydrogens (tertiary/aromatic N) is 3.